The highest BCUT2D eigenvalue weighted by molar-refractivity contribution is 9.10. The van der Waals surface area contributed by atoms with Crippen LogP contribution in [0.15, 0.2) is 28.7 Å². The molecule has 0 bridgehead atoms. The van der Waals surface area contributed by atoms with E-state index >= 15 is 0 Å². The second kappa shape index (κ2) is 7.55. The highest BCUT2D eigenvalue weighted by Gasteiger charge is 2.11. The van der Waals surface area contributed by atoms with Gasteiger partial charge in [0.2, 0.25) is 0 Å². The summed E-state index contributed by atoms with van der Waals surface area (Å²) in [6, 6.07) is 8.55. The number of rotatable bonds is 6. The van der Waals surface area contributed by atoms with E-state index in [0.29, 0.717) is 0 Å². The van der Waals surface area contributed by atoms with Crippen molar-refractivity contribution in [3.05, 3.63) is 51.4 Å². The van der Waals surface area contributed by atoms with Crippen LogP contribution < -0.4 is 5.32 Å². The summed E-state index contributed by atoms with van der Waals surface area (Å²) in [5.41, 5.74) is 3.61. The first kappa shape index (κ1) is 16.0. The minimum absolute atomic E-state index is 0.767. The summed E-state index contributed by atoms with van der Waals surface area (Å²) in [4.78, 5) is 9.38. The topological polar surface area (TPSA) is 37.8 Å². The fourth-order valence-electron chi connectivity index (χ4n) is 2.20. The van der Waals surface area contributed by atoms with Crippen LogP contribution in [0.25, 0.3) is 0 Å². The predicted molar refractivity (Wildman–Crippen MR) is 91.9 cm³/mol. The SMILES string of the molecule is CCCc1nc(Cc2ccc(C)cc2)nc(NCC)c1Br. The van der Waals surface area contributed by atoms with E-state index in [4.69, 9.17) is 4.98 Å². The Hall–Kier alpha value is -1.42. The zero-order chi connectivity index (χ0) is 15.2. The Morgan fingerprint density at radius 2 is 1.81 bits per heavy atom. The third-order valence-electron chi connectivity index (χ3n) is 3.28. The number of aryl methyl sites for hydroxylation is 2. The Morgan fingerprint density at radius 1 is 1.10 bits per heavy atom. The smallest absolute Gasteiger partial charge is 0.144 e. The van der Waals surface area contributed by atoms with Crippen LogP contribution in [0, 0.1) is 6.92 Å². The zero-order valence-electron chi connectivity index (χ0n) is 12.9. The van der Waals surface area contributed by atoms with Gasteiger partial charge in [-0.25, -0.2) is 9.97 Å². The van der Waals surface area contributed by atoms with E-state index < -0.39 is 0 Å². The first-order valence-corrected chi connectivity index (χ1v) is 8.28. The highest BCUT2D eigenvalue weighted by Crippen LogP contribution is 2.25. The van der Waals surface area contributed by atoms with Crippen molar-refractivity contribution < 1.29 is 0 Å². The maximum Gasteiger partial charge on any atom is 0.144 e. The van der Waals surface area contributed by atoms with E-state index in [1.807, 2.05) is 0 Å². The maximum absolute atomic E-state index is 4.72. The lowest BCUT2D eigenvalue weighted by Gasteiger charge is -2.12. The van der Waals surface area contributed by atoms with E-state index in [1.54, 1.807) is 0 Å². The molecule has 1 heterocycles. The van der Waals surface area contributed by atoms with Crippen molar-refractivity contribution >= 4 is 21.7 Å². The molecule has 0 amide bonds. The number of benzene rings is 1. The van der Waals surface area contributed by atoms with E-state index in [1.165, 1.54) is 11.1 Å². The molecule has 0 unspecified atom stereocenters. The minimum Gasteiger partial charge on any atom is -0.369 e. The van der Waals surface area contributed by atoms with Gasteiger partial charge in [0.25, 0.3) is 0 Å². The summed E-state index contributed by atoms with van der Waals surface area (Å²) in [7, 11) is 0. The van der Waals surface area contributed by atoms with Gasteiger partial charge in [0, 0.05) is 13.0 Å². The lowest BCUT2D eigenvalue weighted by molar-refractivity contribution is 0.833. The Balaban J connectivity index is 2.31. The molecule has 2 rings (SSSR count). The summed E-state index contributed by atoms with van der Waals surface area (Å²) in [6.07, 6.45) is 2.80. The Kier molecular flexibility index (Phi) is 5.74. The quantitative estimate of drug-likeness (QED) is 0.834. The maximum atomic E-state index is 4.72. The predicted octanol–water partition coefficient (Wildman–Crippen LogP) is 4.52. The summed E-state index contributed by atoms with van der Waals surface area (Å²) < 4.78 is 0.999. The summed E-state index contributed by atoms with van der Waals surface area (Å²) in [6.45, 7) is 7.20. The van der Waals surface area contributed by atoms with Crippen molar-refractivity contribution in [2.24, 2.45) is 0 Å². The third kappa shape index (κ3) is 4.27. The normalized spacial score (nSPS) is 10.7. The standard InChI is InChI=1S/C17H22BrN3/c1-4-6-14-16(18)17(19-5-2)21-15(20-14)11-13-9-7-12(3)8-10-13/h7-10H,4-6,11H2,1-3H3,(H,19,20,21). The van der Waals surface area contributed by atoms with Crippen molar-refractivity contribution in [1.82, 2.24) is 9.97 Å². The lowest BCUT2D eigenvalue weighted by atomic mass is 10.1. The van der Waals surface area contributed by atoms with Crippen LogP contribution in [-0.2, 0) is 12.8 Å². The number of hydrogen-bond donors (Lipinski definition) is 1. The molecule has 0 aliphatic heterocycles. The molecule has 2 aromatic rings. The molecule has 0 saturated carbocycles. The van der Waals surface area contributed by atoms with Crippen LogP contribution in [-0.4, -0.2) is 16.5 Å². The fraction of sp³-hybridized carbons (Fsp3) is 0.412. The van der Waals surface area contributed by atoms with Gasteiger partial charge in [-0.1, -0.05) is 43.2 Å². The number of anilines is 1. The lowest BCUT2D eigenvalue weighted by Crippen LogP contribution is -2.08. The summed E-state index contributed by atoms with van der Waals surface area (Å²) in [5, 5.41) is 3.31. The van der Waals surface area contributed by atoms with E-state index in [9.17, 15) is 0 Å². The number of nitrogens with one attached hydrogen (secondary N) is 1. The molecule has 1 aromatic heterocycles. The van der Waals surface area contributed by atoms with Crippen molar-refractivity contribution in [2.75, 3.05) is 11.9 Å². The largest absolute Gasteiger partial charge is 0.369 e. The zero-order valence-corrected chi connectivity index (χ0v) is 14.5. The monoisotopic (exact) mass is 347 g/mol. The number of hydrogen-bond acceptors (Lipinski definition) is 3. The van der Waals surface area contributed by atoms with Gasteiger partial charge in [-0.3, -0.25) is 0 Å². The first-order valence-electron chi connectivity index (χ1n) is 7.48. The van der Waals surface area contributed by atoms with Gasteiger partial charge in [0.15, 0.2) is 0 Å². The molecular formula is C17H22BrN3. The second-order valence-corrected chi connectivity index (χ2v) is 5.98. The molecule has 0 spiro atoms. The number of nitrogens with zero attached hydrogens (tertiary/aromatic N) is 2. The van der Waals surface area contributed by atoms with Crippen LogP contribution in [0.2, 0.25) is 0 Å². The highest BCUT2D eigenvalue weighted by atomic mass is 79.9. The van der Waals surface area contributed by atoms with Crippen molar-refractivity contribution in [3.8, 4) is 0 Å². The average molecular weight is 348 g/mol. The van der Waals surface area contributed by atoms with Crippen LogP contribution in [0.1, 0.15) is 42.9 Å². The molecule has 0 atom stereocenters. The van der Waals surface area contributed by atoms with Crippen molar-refractivity contribution in [3.63, 3.8) is 0 Å². The molecule has 1 N–H and O–H groups in total. The molecule has 0 radical (unpaired) electrons. The van der Waals surface area contributed by atoms with Crippen LogP contribution in [0.4, 0.5) is 5.82 Å². The second-order valence-electron chi connectivity index (χ2n) is 5.19. The van der Waals surface area contributed by atoms with Gasteiger partial charge in [-0.15, -0.1) is 0 Å². The molecule has 1 aromatic carbocycles. The van der Waals surface area contributed by atoms with Crippen LogP contribution in [0.3, 0.4) is 0 Å². The van der Waals surface area contributed by atoms with E-state index in [0.717, 1.165) is 47.6 Å². The van der Waals surface area contributed by atoms with Gasteiger partial charge in [-0.2, -0.15) is 0 Å². The van der Waals surface area contributed by atoms with Gasteiger partial charge in [0.05, 0.1) is 10.2 Å². The van der Waals surface area contributed by atoms with Crippen LogP contribution in [0.5, 0.6) is 0 Å². The molecular weight excluding hydrogens is 326 g/mol. The third-order valence-corrected chi connectivity index (χ3v) is 4.11. The molecule has 3 nitrogen and oxygen atoms in total. The first-order chi connectivity index (χ1) is 10.1. The van der Waals surface area contributed by atoms with Gasteiger partial charge in [-0.05, 0) is 41.8 Å². The fourth-order valence-corrected chi connectivity index (χ4v) is 2.72. The summed E-state index contributed by atoms with van der Waals surface area (Å²) >= 11 is 3.62. The molecule has 0 aliphatic rings. The molecule has 21 heavy (non-hydrogen) atoms. The molecule has 0 fully saturated rings. The Morgan fingerprint density at radius 3 is 2.43 bits per heavy atom. The van der Waals surface area contributed by atoms with Crippen molar-refractivity contribution in [1.29, 1.82) is 0 Å². The average Bonchev–Trinajstić information content (AvgIpc) is 2.47. The number of halogens is 1. The Labute approximate surface area is 135 Å². The van der Waals surface area contributed by atoms with Gasteiger partial charge < -0.3 is 5.32 Å². The number of aromatic nitrogens is 2. The van der Waals surface area contributed by atoms with Crippen molar-refractivity contribution in [2.45, 2.75) is 40.0 Å². The van der Waals surface area contributed by atoms with Crippen LogP contribution >= 0.6 is 15.9 Å². The Bertz CT molecular complexity index is 566. The van der Waals surface area contributed by atoms with Gasteiger partial charge in [0.1, 0.15) is 11.6 Å². The molecule has 0 aliphatic carbocycles. The minimum atomic E-state index is 0.767. The molecule has 4 heteroatoms. The van der Waals surface area contributed by atoms with Gasteiger partial charge >= 0.3 is 0 Å². The van der Waals surface area contributed by atoms with E-state index in [-0.39, 0.29) is 0 Å². The summed E-state index contributed by atoms with van der Waals surface area (Å²) in [5.74, 6) is 1.78. The van der Waals surface area contributed by atoms with E-state index in [2.05, 4.69) is 71.3 Å². The molecule has 0 saturated heterocycles. The molecule has 112 valence electrons.